The van der Waals surface area contributed by atoms with Crippen molar-refractivity contribution in [1.29, 1.82) is 0 Å². The summed E-state index contributed by atoms with van der Waals surface area (Å²) in [4.78, 5) is 3.55. The predicted octanol–water partition coefficient (Wildman–Crippen LogP) is 5.42. The van der Waals surface area contributed by atoms with Crippen LogP contribution < -0.4 is 5.32 Å². The molecule has 3 atom stereocenters. The summed E-state index contributed by atoms with van der Waals surface area (Å²) in [6, 6.07) is 16.3. The molecule has 0 amide bonds. The fourth-order valence-electron chi connectivity index (χ4n) is 5.05. The molecule has 0 saturated carbocycles. The third-order valence-corrected chi connectivity index (χ3v) is 6.40. The van der Waals surface area contributed by atoms with E-state index < -0.39 is 0 Å². The second-order valence-electron chi connectivity index (χ2n) is 8.12. The monoisotopic (exact) mass is 360 g/mol. The Morgan fingerprint density at radius 2 is 1.89 bits per heavy atom. The molecule has 3 aromatic rings. The zero-order chi connectivity index (χ0) is 18.4. The second-order valence-corrected chi connectivity index (χ2v) is 8.12. The number of H-pyrrole nitrogens is 1. The van der Waals surface area contributed by atoms with Crippen LogP contribution in [0.4, 0.5) is 4.39 Å². The molecule has 5 rings (SSSR count). The van der Waals surface area contributed by atoms with Gasteiger partial charge in [-0.2, -0.15) is 0 Å². The maximum atomic E-state index is 13.8. The Morgan fingerprint density at radius 1 is 1.04 bits per heavy atom. The van der Waals surface area contributed by atoms with Gasteiger partial charge in [0.15, 0.2) is 0 Å². The summed E-state index contributed by atoms with van der Waals surface area (Å²) in [5.74, 6) is 0.897. The zero-order valence-electron chi connectivity index (χ0n) is 15.6. The van der Waals surface area contributed by atoms with Crippen molar-refractivity contribution in [1.82, 2.24) is 10.3 Å². The van der Waals surface area contributed by atoms with Crippen molar-refractivity contribution in [2.45, 2.75) is 38.1 Å². The third kappa shape index (κ3) is 3.00. The highest BCUT2D eigenvalue weighted by Gasteiger charge is 2.33. The molecule has 1 aromatic heterocycles. The Labute approximate surface area is 159 Å². The minimum Gasteiger partial charge on any atom is -0.358 e. The van der Waals surface area contributed by atoms with E-state index in [0.29, 0.717) is 17.9 Å². The first-order chi connectivity index (χ1) is 13.2. The first-order valence-electron chi connectivity index (χ1n) is 9.97. The Morgan fingerprint density at radius 3 is 2.74 bits per heavy atom. The van der Waals surface area contributed by atoms with Gasteiger partial charge in [0.2, 0.25) is 0 Å². The molecule has 27 heavy (non-hydrogen) atoms. The largest absolute Gasteiger partial charge is 0.358 e. The van der Waals surface area contributed by atoms with E-state index in [1.807, 2.05) is 6.07 Å². The lowest BCUT2D eigenvalue weighted by atomic mass is 9.74. The van der Waals surface area contributed by atoms with Crippen LogP contribution >= 0.6 is 0 Å². The summed E-state index contributed by atoms with van der Waals surface area (Å²) in [5, 5.41) is 4.80. The van der Waals surface area contributed by atoms with Crippen LogP contribution in [0.2, 0.25) is 0 Å². The van der Waals surface area contributed by atoms with Crippen LogP contribution in [-0.4, -0.2) is 17.6 Å². The van der Waals surface area contributed by atoms with Gasteiger partial charge in [0.05, 0.1) is 0 Å². The Balaban J connectivity index is 1.43. The van der Waals surface area contributed by atoms with Crippen LogP contribution in [-0.2, 0) is 6.42 Å². The van der Waals surface area contributed by atoms with Crippen LogP contribution in [0.1, 0.15) is 42.5 Å². The average Bonchev–Trinajstić information content (AvgIpc) is 3.07. The fraction of sp³-hybridized carbons (Fsp3) is 0.333. The SMILES string of the molecule is CC1CC(C2CC(c3ccccc3)=CCN2)Cc2c1[nH]c1ccc(F)cc21. The van der Waals surface area contributed by atoms with Gasteiger partial charge in [0.25, 0.3) is 0 Å². The first kappa shape index (κ1) is 16.8. The van der Waals surface area contributed by atoms with E-state index in [4.69, 9.17) is 0 Å². The highest BCUT2D eigenvalue weighted by molar-refractivity contribution is 5.85. The van der Waals surface area contributed by atoms with Gasteiger partial charge in [-0.15, -0.1) is 0 Å². The number of aromatic amines is 1. The predicted molar refractivity (Wildman–Crippen MR) is 109 cm³/mol. The van der Waals surface area contributed by atoms with Gasteiger partial charge < -0.3 is 10.3 Å². The van der Waals surface area contributed by atoms with Crippen LogP contribution in [0.25, 0.3) is 16.5 Å². The zero-order valence-corrected chi connectivity index (χ0v) is 15.6. The van der Waals surface area contributed by atoms with E-state index in [2.05, 4.69) is 53.6 Å². The van der Waals surface area contributed by atoms with E-state index in [-0.39, 0.29) is 5.82 Å². The second kappa shape index (κ2) is 6.65. The van der Waals surface area contributed by atoms with E-state index in [0.717, 1.165) is 30.3 Å². The lowest BCUT2D eigenvalue weighted by Gasteiger charge is -2.36. The number of halogens is 1. The van der Waals surface area contributed by atoms with Gasteiger partial charge in [0, 0.05) is 29.2 Å². The quantitative estimate of drug-likeness (QED) is 0.627. The molecule has 0 saturated heterocycles. The molecular weight excluding hydrogens is 335 g/mol. The molecule has 138 valence electrons. The smallest absolute Gasteiger partial charge is 0.123 e. The van der Waals surface area contributed by atoms with Crippen LogP contribution in [0, 0.1) is 11.7 Å². The van der Waals surface area contributed by atoms with Crippen molar-refractivity contribution in [3.63, 3.8) is 0 Å². The summed E-state index contributed by atoms with van der Waals surface area (Å²) in [6.07, 6.45) is 5.57. The summed E-state index contributed by atoms with van der Waals surface area (Å²) in [6.45, 7) is 3.22. The number of benzene rings is 2. The molecule has 2 aromatic carbocycles. The topological polar surface area (TPSA) is 27.8 Å². The van der Waals surface area contributed by atoms with Crippen molar-refractivity contribution in [2.24, 2.45) is 5.92 Å². The van der Waals surface area contributed by atoms with Gasteiger partial charge >= 0.3 is 0 Å². The minimum absolute atomic E-state index is 0.149. The lowest BCUT2D eigenvalue weighted by molar-refractivity contribution is 0.306. The summed E-state index contributed by atoms with van der Waals surface area (Å²) in [7, 11) is 0. The molecular formula is C24H25FN2. The van der Waals surface area contributed by atoms with Gasteiger partial charge in [0.1, 0.15) is 5.82 Å². The number of nitrogens with one attached hydrogen (secondary N) is 2. The van der Waals surface area contributed by atoms with Crippen molar-refractivity contribution < 1.29 is 4.39 Å². The summed E-state index contributed by atoms with van der Waals surface area (Å²) < 4.78 is 13.8. The molecule has 3 unspecified atom stereocenters. The van der Waals surface area contributed by atoms with E-state index in [9.17, 15) is 4.39 Å². The van der Waals surface area contributed by atoms with Crippen molar-refractivity contribution >= 4 is 16.5 Å². The molecule has 2 heterocycles. The van der Waals surface area contributed by atoms with Gasteiger partial charge in [-0.05, 0) is 66.0 Å². The van der Waals surface area contributed by atoms with Crippen molar-refractivity contribution in [2.75, 3.05) is 6.54 Å². The summed E-state index contributed by atoms with van der Waals surface area (Å²) >= 11 is 0. The molecule has 2 N–H and O–H groups in total. The maximum Gasteiger partial charge on any atom is 0.123 e. The van der Waals surface area contributed by atoms with Gasteiger partial charge in [-0.3, -0.25) is 0 Å². The van der Waals surface area contributed by atoms with Crippen LogP contribution in [0.3, 0.4) is 0 Å². The normalized spacial score (nSPS) is 25.3. The molecule has 0 fully saturated rings. The number of hydrogen-bond acceptors (Lipinski definition) is 1. The van der Waals surface area contributed by atoms with Crippen LogP contribution in [0.5, 0.6) is 0 Å². The number of rotatable bonds is 2. The minimum atomic E-state index is -0.149. The maximum absolute atomic E-state index is 13.8. The van der Waals surface area contributed by atoms with E-state index in [1.54, 1.807) is 12.1 Å². The fourth-order valence-corrected chi connectivity index (χ4v) is 5.05. The van der Waals surface area contributed by atoms with Gasteiger partial charge in [-0.1, -0.05) is 43.3 Å². The molecule has 1 aliphatic heterocycles. The molecule has 1 aliphatic carbocycles. The van der Waals surface area contributed by atoms with Crippen molar-refractivity contribution in [3.05, 3.63) is 77.2 Å². The number of fused-ring (bicyclic) bond motifs is 3. The lowest BCUT2D eigenvalue weighted by Crippen LogP contribution is -2.41. The standard InChI is InChI=1S/C24H25FN2/c1-15-11-18(12-21-20-14-19(25)7-8-22(20)27-24(15)21)23-13-17(9-10-26-23)16-5-3-2-4-6-16/h2-9,14-15,18,23,26-27H,10-13H2,1H3. The highest BCUT2D eigenvalue weighted by atomic mass is 19.1. The number of hydrogen-bond donors (Lipinski definition) is 2. The molecule has 3 heteroatoms. The van der Waals surface area contributed by atoms with Gasteiger partial charge in [-0.25, -0.2) is 4.39 Å². The molecule has 0 radical (unpaired) electrons. The first-order valence-corrected chi connectivity index (χ1v) is 9.97. The Bertz CT molecular complexity index is 1000. The van der Waals surface area contributed by atoms with E-state index >= 15 is 0 Å². The van der Waals surface area contributed by atoms with Crippen molar-refractivity contribution in [3.8, 4) is 0 Å². The molecule has 0 bridgehead atoms. The van der Waals surface area contributed by atoms with E-state index in [1.165, 1.54) is 28.8 Å². The Kier molecular flexibility index (Phi) is 4.13. The average molecular weight is 360 g/mol. The number of aromatic nitrogens is 1. The summed E-state index contributed by atoms with van der Waals surface area (Å²) in [5.41, 5.74) is 6.48. The third-order valence-electron chi connectivity index (χ3n) is 6.40. The van der Waals surface area contributed by atoms with Crippen LogP contribution in [0.15, 0.2) is 54.6 Å². The molecule has 2 nitrogen and oxygen atoms in total. The highest BCUT2D eigenvalue weighted by Crippen LogP contribution is 2.41. The molecule has 2 aliphatic rings. The Hall–Kier alpha value is -2.39. The molecule has 0 spiro atoms.